The number of ether oxygens (including phenoxy) is 4. The average molecular weight is 865 g/mol. The van der Waals surface area contributed by atoms with Gasteiger partial charge in [-0.15, -0.1) is 0 Å². The molecular weight excluding hydrogens is 789 g/mol. The summed E-state index contributed by atoms with van der Waals surface area (Å²) in [5, 5.41) is 30.8. The zero-order valence-electron chi connectivity index (χ0n) is 36.3. The number of carbonyl (C=O) groups excluding carboxylic acids is 2. The normalized spacial score (nSPS) is 20.9. The summed E-state index contributed by atoms with van der Waals surface area (Å²) in [4.78, 5) is 25.2. The maximum Gasteiger partial charge on any atom is 0.331 e. The van der Waals surface area contributed by atoms with Crippen molar-refractivity contribution in [2.75, 3.05) is 19.0 Å². The van der Waals surface area contributed by atoms with Gasteiger partial charge < -0.3 is 34.3 Å². The van der Waals surface area contributed by atoms with Crippen LogP contribution >= 0.6 is 0 Å². The molecule has 0 saturated carbocycles. The van der Waals surface area contributed by atoms with E-state index in [0.29, 0.717) is 12.8 Å². The third-order valence-electron chi connectivity index (χ3n) is 9.57. The van der Waals surface area contributed by atoms with Gasteiger partial charge in [-0.25, -0.2) is 4.79 Å². The van der Waals surface area contributed by atoms with Crippen molar-refractivity contribution in [1.82, 2.24) is 0 Å². The molecule has 1 fully saturated rings. The molecular formula is C47H76O12S. The summed E-state index contributed by atoms with van der Waals surface area (Å²) in [5.74, 6) is -2.34. The van der Waals surface area contributed by atoms with Crippen molar-refractivity contribution in [2.45, 2.75) is 179 Å². The van der Waals surface area contributed by atoms with E-state index in [-0.39, 0.29) is 6.42 Å². The summed E-state index contributed by atoms with van der Waals surface area (Å²) in [7, 11) is -4.62. The molecule has 60 heavy (non-hydrogen) atoms. The molecule has 0 radical (unpaired) electrons. The molecule has 6 atom stereocenters. The molecule has 0 aromatic heterocycles. The van der Waals surface area contributed by atoms with E-state index in [9.17, 15) is 37.9 Å². The number of hydrogen-bond donors (Lipinski definition) is 4. The number of aliphatic hydroxyl groups excluding tert-OH is 3. The molecule has 0 aromatic rings. The van der Waals surface area contributed by atoms with Crippen LogP contribution in [0.15, 0.2) is 85.1 Å². The molecule has 13 heteroatoms. The Hall–Kier alpha value is -3.17. The Morgan fingerprint density at radius 1 is 0.633 bits per heavy atom. The van der Waals surface area contributed by atoms with Gasteiger partial charge in [-0.1, -0.05) is 157 Å². The maximum atomic E-state index is 12.7. The molecule has 1 aliphatic rings. The SMILES string of the molecule is CC/C=C/C/C=C/C/C=C/C/C=C/C/C=C/CCCC(=O)OC[C@H](CO[C@H]1O[C@H](CS(=O)(=O)O)[C@@H](O)C(O)C1O)OC(=O)/C=C/C=C/CCCCCCCCCCCCC. The quantitative estimate of drug-likeness (QED) is 0.0119. The van der Waals surface area contributed by atoms with Crippen LogP contribution in [0, 0.1) is 0 Å². The number of rotatable bonds is 35. The first kappa shape index (κ1) is 54.8. The van der Waals surface area contributed by atoms with Crippen molar-refractivity contribution in [3.8, 4) is 0 Å². The molecule has 1 aliphatic heterocycles. The average Bonchev–Trinajstić information content (AvgIpc) is 3.21. The number of allylic oxidation sites excluding steroid dienone is 13. The first-order valence-electron chi connectivity index (χ1n) is 22.2. The Morgan fingerprint density at radius 2 is 1.17 bits per heavy atom. The fourth-order valence-electron chi connectivity index (χ4n) is 6.15. The Kier molecular flexibility index (Phi) is 33.3. The molecule has 0 bridgehead atoms. The minimum Gasteiger partial charge on any atom is -0.462 e. The molecule has 12 nitrogen and oxygen atoms in total. The smallest absolute Gasteiger partial charge is 0.331 e. The molecule has 1 rings (SSSR count). The van der Waals surface area contributed by atoms with Crippen molar-refractivity contribution in [3.05, 3.63) is 85.1 Å². The molecule has 4 N–H and O–H groups in total. The number of unbranched alkanes of at least 4 members (excludes halogenated alkanes) is 12. The highest BCUT2D eigenvalue weighted by Crippen LogP contribution is 2.23. The van der Waals surface area contributed by atoms with Gasteiger partial charge >= 0.3 is 11.9 Å². The zero-order chi connectivity index (χ0) is 44.1. The van der Waals surface area contributed by atoms with Gasteiger partial charge in [-0.2, -0.15) is 8.42 Å². The lowest BCUT2D eigenvalue weighted by molar-refractivity contribution is -0.297. The van der Waals surface area contributed by atoms with E-state index >= 15 is 0 Å². The molecule has 0 aliphatic carbocycles. The van der Waals surface area contributed by atoms with Crippen LogP contribution in [-0.4, -0.2) is 96.0 Å². The van der Waals surface area contributed by atoms with Crippen LogP contribution < -0.4 is 0 Å². The van der Waals surface area contributed by atoms with Crippen LogP contribution in [-0.2, 0) is 38.7 Å². The second kappa shape index (κ2) is 36.5. The monoisotopic (exact) mass is 865 g/mol. The largest absolute Gasteiger partial charge is 0.462 e. The lowest BCUT2D eigenvalue weighted by Gasteiger charge is -2.40. The minimum atomic E-state index is -4.62. The molecule has 342 valence electrons. The molecule has 0 aromatic carbocycles. The maximum absolute atomic E-state index is 12.7. The highest BCUT2D eigenvalue weighted by atomic mass is 32.2. The summed E-state index contributed by atoms with van der Waals surface area (Å²) >= 11 is 0. The Bertz CT molecular complexity index is 1430. The first-order chi connectivity index (χ1) is 29.0. The fourth-order valence-corrected chi connectivity index (χ4v) is 6.84. The van der Waals surface area contributed by atoms with E-state index in [4.69, 9.17) is 18.9 Å². The Labute approximate surface area is 360 Å². The van der Waals surface area contributed by atoms with Gasteiger partial charge in [0, 0.05) is 12.5 Å². The van der Waals surface area contributed by atoms with Crippen LogP contribution in [0.2, 0.25) is 0 Å². The first-order valence-corrected chi connectivity index (χ1v) is 23.8. The zero-order valence-corrected chi connectivity index (χ0v) is 37.1. The molecule has 0 amide bonds. The van der Waals surface area contributed by atoms with Crippen molar-refractivity contribution in [2.24, 2.45) is 0 Å². The van der Waals surface area contributed by atoms with E-state index < -0.39 is 77.8 Å². The number of carbonyl (C=O) groups is 2. The number of hydrogen-bond acceptors (Lipinski definition) is 11. The Balaban J connectivity index is 2.56. The number of esters is 2. The van der Waals surface area contributed by atoms with Gasteiger partial charge in [0.15, 0.2) is 12.4 Å². The third-order valence-corrected chi connectivity index (χ3v) is 10.3. The molecule has 1 saturated heterocycles. The Morgan fingerprint density at radius 3 is 1.73 bits per heavy atom. The highest BCUT2D eigenvalue weighted by Gasteiger charge is 2.46. The van der Waals surface area contributed by atoms with Gasteiger partial charge in [0.05, 0.1) is 6.61 Å². The molecule has 0 spiro atoms. The standard InChI is InChI=1S/C47H76O12S/c1-3-5-7-9-11-13-15-17-19-20-22-23-25-27-29-31-33-35-42(48)56-37-40(38-57-47-46(52)45(51)44(50)41(59-47)39-60(53,54)55)58-43(49)36-34-32-30-28-26-24-21-18-16-14-12-10-8-6-4-2/h5,7,11,13,17,19,22-23,27,29-30,32,34,36,40-41,44-47,50-52H,3-4,6,8-10,12,14-16,18,20-21,24-26,28,31,33,35,37-39H2,1-2H3,(H,53,54,55)/b7-5+,13-11+,19-17+,23-22+,29-27+,32-30+,36-34+/t40-,41-,44-,45?,46?,47+/m1/s1. The fraction of sp³-hybridized carbons (Fsp3) is 0.660. The van der Waals surface area contributed by atoms with Gasteiger partial charge in [0.1, 0.15) is 36.8 Å². The molecule has 2 unspecified atom stereocenters. The summed E-state index contributed by atoms with van der Waals surface area (Å²) in [6.45, 7) is 3.48. The van der Waals surface area contributed by atoms with E-state index in [1.165, 1.54) is 63.9 Å². The topological polar surface area (TPSA) is 186 Å². The summed E-state index contributed by atoms with van der Waals surface area (Å²) in [5.41, 5.74) is 0. The summed E-state index contributed by atoms with van der Waals surface area (Å²) in [6.07, 6.45) is 38.4. The summed E-state index contributed by atoms with van der Waals surface area (Å²) < 4.78 is 53.8. The van der Waals surface area contributed by atoms with E-state index in [2.05, 4.69) is 62.5 Å². The van der Waals surface area contributed by atoms with Crippen LogP contribution in [0.25, 0.3) is 0 Å². The van der Waals surface area contributed by atoms with Gasteiger partial charge in [-0.05, 0) is 57.8 Å². The van der Waals surface area contributed by atoms with Crippen molar-refractivity contribution >= 4 is 22.1 Å². The van der Waals surface area contributed by atoms with Gasteiger partial charge in [-0.3, -0.25) is 9.35 Å². The van der Waals surface area contributed by atoms with Crippen LogP contribution in [0.3, 0.4) is 0 Å². The minimum absolute atomic E-state index is 0.117. The van der Waals surface area contributed by atoms with Crippen LogP contribution in [0.4, 0.5) is 0 Å². The predicted molar refractivity (Wildman–Crippen MR) is 238 cm³/mol. The third kappa shape index (κ3) is 30.8. The van der Waals surface area contributed by atoms with Crippen LogP contribution in [0.5, 0.6) is 0 Å². The van der Waals surface area contributed by atoms with E-state index in [0.717, 1.165) is 51.4 Å². The van der Waals surface area contributed by atoms with Crippen molar-refractivity contribution in [3.63, 3.8) is 0 Å². The second-order valence-corrected chi connectivity index (χ2v) is 16.5. The lowest BCUT2D eigenvalue weighted by atomic mass is 10.00. The lowest BCUT2D eigenvalue weighted by Crippen LogP contribution is -2.60. The highest BCUT2D eigenvalue weighted by molar-refractivity contribution is 7.85. The molecule has 1 heterocycles. The van der Waals surface area contributed by atoms with Gasteiger partial charge in [0.2, 0.25) is 0 Å². The summed E-state index contributed by atoms with van der Waals surface area (Å²) in [6, 6.07) is 0. The predicted octanol–water partition coefficient (Wildman–Crippen LogP) is 8.89. The van der Waals surface area contributed by atoms with Crippen LogP contribution in [0.1, 0.15) is 142 Å². The van der Waals surface area contributed by atoms with Gasteiger partial charge in [0.25, 0.3) is 10.1 Å². The number of aliphatic hydroxyl groups is 3. The van der Waals surface area contributed by atoms with E-state index in [1.54, 1.807) is 12.2 Å². The van der Waals surface area contributed by atoms with Crippen molar-refractivity contribution < 1.29 is 56.8 Å². The van der Waals surface area contributed by atoms with Crippen molar-refractivity contribution in [1.29, 1.82) is 0 Å². The second-order valence-electron chi connectivity index (χ2n) is 15.1. The van der Waals surface area contributed by atoms with E-state index in [1.807, 2.05) is 18.2 Å².